The summed E-state index contributed by atoms with van der Waals surface area (Å²) < 4.78 is 27.4. The van der Waals surface area contributed by atoms with E-state index in [1.807, 2.05) is 12.1 Å². The van der Waals surface area contributed by atoms with Crippen molar-refractivity contribution in [2.45, 2.75) is 94.0 Å². The van der Waals surface area contributed by atoms with Gasteiger partial charge in [-0.1, -0.05) is 48.9 Å². The van der Waals surface area contributed by atoms with Gasteiger partial charge in [0.25, 0.3) is 0 Å². The van der Waals surface area contributed by atoms with Crippen LogP contribution in [0.4, 0.5) is 0 Å². The predicted molar refractivity (Wildman–Crippen MR) is 161 cm³/mol. The topological polar surface area (TPSA) is 133 Å². The van der Waals surface area contributed by atoms with E-state index in [0.29, 0.717) is 31.2 Å². The zero-order valence-corrected chi connectivity index (χ0v) is 24.9. The molecule has 0 aromatic heterocycles. The number of carbonyl (C=O) groups is 3. The molecular weight excluding hydrogens is 554 g/mol. The second-order valence-corrected chi connectivity index (χ2v) is 13.1. The normalized spacial score (nSPS) is 18.3. The van der Waals surface area contributed by atoms with Crippen molar-refractivity contribution in [1.82, 2.24) is 9.62 Å². The second kappa shape index (κ2) is 15.2. The Balaban J connectivity index is 1.25. The molecule has 1 amide bonds. The van der Waals surface area contributed by atoms with Crippen LogP contribution >= 0.6 is 0 Å². The van der Waals surface area contributed by atoms with Crippen molar-refractivity contribution < 1.29 is 27.9 Å². The Labute approximate surface area is 248 Å². The molecule has 42 heavy (non-hydrogen) atoms. The molecule has 2 aromatic carbocycles. The first-order valence-corrected chi connectivity index (χ1v) is 16.4. The van der Waals surface area contributed by atoms with Crippen LogP contribution in [0.5, 0.6) is 0 Å². The Morgan fingerprint density at radius 2 is 1.69 bits per heavy atom. The number of carbonyl (C=O) groups excluding carboxylic acids is 2. The summed E-state index contributed by atoms with van der Waals surface area (Å²) in [6.45, 7) is 1.15. The first kappa shape index (κ1) is 31.6. The Morgan fingerprint density at radius 3 is 2.38 bits per heavy atom. The maximum atomic E-state index is 13.1. The number of carboxylic acids is 1. The fourth-order valence-corrected chi connectivity index (χ4v) is 7.30. The Kier molecular flexibility index (Phi) is 11.4. The molecule has 1 fully saturated rings. The van der Waals surface area contributed by atoms with Crippen LogP contribution in [0.2, 0.25) is 0 Å². The highest BCUT2D eigenvalue weighted by molar-refractivity contribution is 7.89. The number of nitrogens with zero attached hydrogens (tertiary/aromatic N) is 2. The second-order valence-electron chi connectivity index (χ2n) is 11.2. The molecule has 0 spiro atoms. The molecule has 2 atom stereocenters. The van der Waals surface area contributed by atoms with E-state index < -0.39 is 34.0 Å². The average Bonchev–Trinajstić information content (AvgIpc) is 3.50. The third-order valence-electron chi connectivity index (χ3n) is 7.96. The summed E-state index contributed by atoms with van der Waals surface area (Å²) in [5.41, 5.74) is 2.89. The fraction of sp³-hybridized carbons (Fsp3) is 0.500. The van der Waals surface area contributed by atoms with Crippen LogP contribution in [0.25, 0.3) is 0 Å². The lowest BCUT2D eigenvalue weighted by Gasteiger charge is -2.25. The Bertz CT molecular complexity index is 1360. The van der Waals surface area contributed by atoms with Gasteiger partial charge in [-0.25, -0.2) is 13.2 Å². The van der Waals surface area contributed by atoms with Gasteiger partial charge in [-0.2, -0.15) is 4.31 Å². The monoisotopic (exact) mass is 595 g/mol. The van der Waals surface area contributed by atoms with Crippen LogP contribution in [-0.4, -0.2) is 66.4 Å². The summed E-state index contributed by atoms with van der Waals surface area (Å²) in [6.07, 6.45) is 9.30. The van der Waals surface area contributed by atoms with Crippen molar-refractivity contribution in [3.8, 4) is 0 Å². The van der Waals surface area contributed by atoms with E-state index >= 15 is 0 Å². The molecule has 2 heterocycles. The lowest BCUT2D eigenvalue weighted by molar-refractivity contribution is -0.142. The third kappa shape index (κ3) is 8.82. The molecule has 9 nitrogen and oxygen atoms in total. The number of amides is 1. The molecule has 2 aliphatic rings. The van der Waals surface area contributed by atoms with Gasteiger partial charge in [0.2, 0.25) is 15.9 Å². The molecule has 0 bridgehead atoms. The fourth-order valence-electron chi connectivity index (χ4n) is 5.62. The Morgan fingerprint density at radius 1 is 0.952 bits per heavy atom. The van der Waals surface area contributed by atoms with Crippen molar-refractivity contribution in [2.24, 2.45) is 4.99 Å². The molecule has 4 rings (SSSR count). The molecule has 0 aliphatic carbocycles. The molecular formula is C32H41N3O6S. The molecule has 226 valence electrons. The van der Waals surface area contributed by atoms with Crippen LogP contribution < -0.4 is 5.32 Å². The van der Waals surface area contributed by atoms with Crippen molar-refractivity contribution in [1.29, 1.82) is 0 Å². The van der Waals surface area contributed by atoms with Gasteiger partial charge in [0, 0.05) is 38.1 Å². The van der Waals surface area contributed by atoms with Crippen LogP contribution in [-0.2, 0) is 37.2 Å². The number of Topliss-reactive ketones (excluding diaryl/α,β-unsaturated/α-hetero) is 1. The number of carboxylic acid groups (broad SMARTS) is 1. The summed E-state index contributed by atoms with van der Waals surface area (Å²) >= 11 is 0. The number of aliphatic imine (C=N–C) groups is 1. The number of rotatable bonds is 15. The van der Waals surface area contributed by atoms with Crippen molar-refractivity contribution >= 4 is 33.4 Å². The zero-order chi connectivity index (χ0) is 30.0. The molecule has 0 radical (unpaired) electrons. The van der Waals surface area contributed by atoms with Gasteiger partial charge >= 0.3 is 5.97 Å². The molecule has 1 saturated heterocycles. The van der Waals surface area contributed by atoms with Crippen molar-refractivity contribution in [3.63, 3.8) is 0 Å². The first-order chi connectivity index (χ1) is 20.2. The number of hydrogen-bond donors (Lipinski definition) is 2. The quantitative estimate of drug-likeness (QED) is 0.294. The highest BCUT2D eigenvalue weighted by Gasteiger charge is 2.40. The molecule has 10 heteroatoms. The number of aliphatic carboxylic acids is 1. The number of nitrogens with one attached hydrogen (secondary N) is 1. The summed E-state index contributed by atoms with van der Waals surface area (Å²) in [7, 11) is -3.88. The number of benzene rings is 2. The van der Waals surface area contributed by atoms with Gasteiger partial charge in [-0.15, -0.1) is 0 Å². The largest absolute Gasteiger partial charge is 0.480 e. The molecule has 0 saturated carbocycles. The van der Waals surface area contributed by atoms with E-state index in [1.54, 1.807) is 30.3 Å². The maximum Gasteiger partial charge on any atom is 0.326 e. The van der Waals surface area contributed by atoms with Crippen LogP contribution in [0.3, 0.4) is 0 Å². The summed E-state index contributed by atoms with van der Waals surface area (Å²) in [5, 5.41) is 12.4. The van der Waals surface area contributed by atoms with E-state index in [1.165, 1.54) is 30.7 Å². The Hall–Kier alpha value is -3.37. The molecule has 2 aromatic rings. The minimum absolute atomic E-state index is 0.0404. The van der Waals surface area contributed by atoms with Gasteiger partial charge in [0.1, 0.15) is 17.9 Å². The van der Waals surface area contributed by atoms with Crippen molar-refractivity contribution in [2.75, 3.05) is 13.1 Å². The van der Waals surface area contributed by atoms with E-state index in [-0.39, 0.29) is 23.6 Å². The number of ketones is 1. The summed E-state index contributed by atoms with van der Waals surface area (Å²) in [4.78, 5) is 42.3. The number of hydrogen-bond acceptors (Lipinski definition) is 6. The highest BCUT2D eigenvalue weighted by Crippen LogP contribution is 2.26. The van der Waals surface area contributed by atoms with Gasteiger partial charge in [-0.05, 0) is 74.6 Å². The lowest BCUT2D eigenvalue weighted by Crippen LogP contribution is -2.51. The SMILES string of the molecule is O=C(CCCCCC1=NCCCC1)Cc1ccc(CC(NC(=O)[C@@H]2CCCN2S(=O)(=O)c2ccccc2)C(=O)O)cc1. The highest BCUT2D eigenvalue weighted by atomic mass is 32.2. The van der Waals surface area contributed by atoms with Gasteiger partial charge in [0.15, 0.2) is 0 Å². The smallest absolute Gasteiger partial charge is 0.326 e. The van der Waals surface area contributed by atoms with E-state index in [2.05, 4.69) is 10.3 Å². The lowest BCUT2D eigenvalue weighted by atomic mass is 9.99. The summed E-state index contributed by atoms with van der Waals surface area (Å²) in [6, 6.07) is 12.9. The first-order valence-electron chi connectivity index (χ1n) is 15.0. The number of sulfonamides is 1. The van der Waals surface area contributed by atoms with Crippen LogP contribution in [0.15, 0.2) is 64.5 Å². The molecule has 2 aliphatic heterocycles. The standard InChI is InChI=1S/C32H41N3O6S/c36-27(12-4-1-3-10-26-11-7-8-20-33-26)22-24-16-18-25(19-17-24)23-29(32(38)39)34-31(37)30-15-9-21-35(30)42(40,41)28-13-5-2-6-14-28/h2,5-6,13-14,16-19,29-30H,1,3-4,7-12,15,20-23H2,(H,34,37)(H,38,39)/t29?,30-/m0/s1. The van der Waals surface area contributed by atoms with Gasteiger partial charge < -0.3 is 10.4 Å². The van der Waals surface area contributed by atoms with Gasteiger partial charge in [0.05, 0.1) is 4.90 Å². The van der Waals surface area contributed by atoms with E-state index in [0.717, 1.165) is 48.5 Å². The van der Waals surface area contributed by atoms with Crippen LogP contribution in [0, 0.1) is 0 Å². The summed E-state index contributed by atoms with van der Waals surface area (Å²) in [5.74, 6) is -1.64. The van der Waals surface area contributed by atoms with Crippen LogP contribution in [0.1, 0.15) is 75.3 Å². The zero-order valence-electron chi connectivity index (χ0n) is 24.0. The minimum atomic E-state index is -3.88. The number of unbranched alkanes of at least 4 members (excludes halogenated alkanes) is 2. The van der Waals surface area contributed by atoms with Gasteiger partial charge in [-0.3, -0.25) is 14.6 Å². The van der Waals surface area contributed by atoms with Crippen molar-refractivity contribution in [3.05, 3.63) is 65.7 Å². The van der Waals surface area contributed by atoms with E-state index in [4.69, 9.17) is 0 Å². The maximum absolute atomic E-state index is 13.1. The third-order valence-corrected chi connectivity index (χ3v) is 9.89. The minimum Gasteiger partial charge on any atom is -0.480 e. The average molecular weight is 596 g/mol. The molecule has 2 N–H and O–H groups in total. The molecule has 1 unspecified atom stereocenters. The predicted octanol–water partition coefficient (Wildman–Crippen LogP) is 4.34. The van der Waals surface area contributed by atoms with E-state index in [9.17, 15) is 27.9 Å².